The second-order valence-electron chi connectivity index (χ2n) is 7.17. The molecule has 1 amide bonds. The normalized spacial score (nSPS) is 19.1. The standard InChI is InChI=1S/C20H26N2O4S2/c1-15-7-9-18(10-8-15)26-14-16(2)21-20(23)17-5-3-11-22(13-17)28(24,25)19-6-4-12-27-19/h4,6-10,12,16-17H,3,5,11,13-14H2,1-2H3,(H,21,23)/t16-,17+/m1/s1. The Morgan fingerprint density at radius 3 is 2.75 bits per heavy atom. The molecule has 1 N–H and O–H groups in total. The van der Waals surface area contributed by atoms with E-state index < -0.39 is 10.0 Å². The molecule has 1 aromatic carbocycles. The molecule has 8 heteroatoms. The van der Waals surface area contributed by atoms with Crippen molar-refractivity contribution in [3.05, 3.63) is 47.3 Å². The van der Waals surface area contributed by atoms with Crippen molar-refractivity contribution in [3.63, 3.8) is 0 Å². The third-order valence-electron chi connectivity index (χ3n) is 4.75. The topological polar surface area (TPSA) is 75.7 Å². The molecule has 3 rings (SSSR count). The number of rotatable bonds is 7. The van der Waals surface area contributed by atoms with Crippen LogP contribution < -0.4 is 10.1 Å². The van der Waals surface area contributed by atoms with E-state index in [9.17, 15) is 13.2 Å². The molecule has 1 saturated heterocycles. The lowest BCUT2D eigenvalue weighted by atomic mass is 9.98. The lowest BCUT2D eigenvalue weighted by Gasteiger charge is -2.31. The predicted molar refractivity (Wildman–Crippen MR) is 110 cm³/mol. The van der Waals surface area contributed by atoms with Crippen molar-refractivity contribution in [2.75, 3.05) is 19.7 Å². The van der Waals surface area contributed by atoms with Gasteiger partial charge in [0.15, 0.2) is 0 Å². The van der Waals surface area contributed by atoms with E-state index in [4.69, 9.17) is 4.74 Å². The Morgan fingerprint density at radius 1 is 1.32 bits per heavy atom. The fourth-order valence-corrected chi connectivity index (χ4v) is 5.84. The number of aryl methyl sites for hydroxylation is 1. The van der Waals surface area contributed by atoms with Gasteiger partial charge in [-0.15, -0.1) is 11.3 Å². The van der Waals surface area contributed by atoms with Crippen LogP contribution in [0.5, 0.6) is 5.75 Å². The molecule has 0 saturated carbocycles. The fraction of sp³-hybridized carbons (Fsp3) is 0.450. The summed E-state index contributed by atoms with van der Waals surface area (Å²) in [5, 5.41) is 4.70. The first kappa shape index (κ1) is 20.8. The summed E-state index contributed by atoms with van der Waals surface area (Å²) < 4.78 is 32.9. The third kappa shape index (κ3) is 5.12. The summed E-state index contributed by atoms with van der Waals surface area (Å²) in [7, 11) is -3.52. The molecule has 0 spiro atoms. The third-order valence-corrected chi connectivity index (χ3v) is 7.99. The molecule has 28 heavy (non-hydrogen) atoms. The second kappa shape index (κ2) is 9.07. The van der Waals surface area contributed by atoms with Gasteiger partial charge in [-0.3, -0.25) is 4.79 Å². The highest BCUT2D eigenvalue weighted by atomic mass is 32.2. The maximum atomic E-state index is 12.7. The summed E-state index contributed by atoms with van der Waals surface area (Å²) in [4.78, 5) is 12.6. The number of benzene rings is 1. The van der Waals surface area contributed by atoms with Crippen molar-refractivity contribution in [1.82, 2.24) is 9.62 Å². The number of piperidine rings is 1. The number of thiophene rings is 1. The average molecular weight is 423 g/mol. The SMILES string of the molecule is Cc1ccc(OC[C@@H](C)NC(=O)[C@H]2CCCN(S(=O)(=O)c3cccs3)C2)cc1. The van der Waals surface area contributed by atoms with Crippen molar-refractivity contribution in [2.45, 2.75) is 36.9 Å². The molecule has 1 aromatic heterocycles. The number of ether oxygens (including phenoxy) is 1. The minimum absolute atomic E-state index is 0.119. The smallest absolute Gasteiger partial charge is 0.252 e. The first-order valence-electron chi connectivity index (χ1n) is 9.40. The van der Waals surface area contributed by atoms with Crippen molar-refractivity contribution >= 4 is 27.3 Å². The zero-order chi connectivity index (χ0) is 20.1. The van der Waals surface area contributed by atoms with Gasteiger partial charge in [-0.2, -0.15) is 4.31 Å². The Kier molecular flexibility index (Phi) is 6.74. The van der Waals surface area contributed by atoms with Crippen molar-refractivity contribution in [2.24, 2.45) is 5.92 Å². The number of hydrogen-bond donors (Lipinski definition) is 1. The van der Waals surface area contributed by atoms with E-state index in [1.54, 1.807) is 17.5 Å². The van der Waals surface area contributed by atoms with E-state index in [1.165, 1.54) is 15.6 Å². The molecular formula is C20H26N2O4S2. The molecule has 152 valence electrons. The number of amides is 1. The highest BCUT2D eigenvalue weighted by molar-refractivity contribution is 7.91. The zero-order valence-electron chi connectivity index (χ0n) is 16.1. The van der Waals surface area contributed by atoms with Gasteiger partial charge in [0.1, 0.15) is 16.6 Å². The number of nitrogens with one attached hydrogen (secondary N) is 1. The van der Waals surface area contributed by atoms with Gasteiger partial charge in [0, 0.05) is 13.1 Å². The Bertz CT molecular complexity index is 879. The monoisotopic (exact) mass is 422 g/mol. The van der Waals surface area contributed by atoms with Crippen LogP contribution in [0.15, 0.2) is 46.0 Å². The van der Waals surface area contributed by atoms with E-state index in [0.29, 0.717) is 30.2 Å². The molecule has 0 bridgehead atoms. The number of carbonyl (C=O) groups is 1. The lowest BCUT2D eigenvalue weighted by molar-refractivity contribution is -0.126. The summed E-state index contributed by atoms with van der Waals surface area (Å²) in [5.74, 6) is 0.300. The van der Waals surface area contributed by atoms with E-state index in [-0.39, 0.29) is 24.4 Å². The van der Waals surface area contributed by atoms with Gasteiger partial charge in [-0.25, -0.2) is 8.42 Å². The molecule has 6 nitrogen and oxygen atoms in total. The van der Waals surface area contributed by atoms with Crippen LogP contribution in [0, 0.1) is 12.8 Å². The van der Waals surface area contributed by atoms with Crippen LogP contribution >= 0.6 is 11.3 Å². The van der Waals surface area contributed by atoms with Crippen LogP contribution in [0.2, 0.25) is 0 Å². The first-order valence-corrected chi connectivity index (χ1v) is 11.7. The van der Waals surface area contributed by atoms with Crippen LogP contribution in [0.3, 0.4) is 0 Å². The molecule has 1 aliphatic rings. The molecule has 2 heterocycles. The van der Waals surface area contributed by atoms with Crippen LogP contribution in [-0.4, -0.2) is 44.4 Å². The van der Waals surface area contributed by atoms with Gasteiger partial charge in [-0.05, 0) is 50.3 Å². The van der Waals surface area contributed by atoms with Gasteiger partial charge >= 0.3 is 0 Å². The first-order chi connectivity index (χ1) is 13.4. The molecule has 0 aliphatic carbocycles. The van der Waals surface area contributed by atoms with Crippen molar-refractivity contribution in [3.8, 4) is 5.75 Å². The lowest BCUT2D eigenvalue weighted by Crippen LogP contribution is -2.47. The highest BCUT2D eigenvalue weighted by Gasteiger charge is 2.34. The van der Waals surface area contributed by atoms with Crippen molar-refractivity contribution in [1.29, 1.82) is 0 Å². The summed E-state index contributed by atoms with van der Waals surface area (Å²) >= 11 is 1.20. The van der Waals surface area contributed by atoms with Gasteiger partial charge in [-0.1, -0.05) is 23.8 Å². The van der Waals surface area contributed by atoms with E-state index in [2.05, 4.69) is 5.32 Å². The Morgan fingerprint density at radius 2 is 2.07 bits per heavy atom. The molecule has 2 aromatic rings. The number of carbonyl (C=O) groups excluding carboxylic acids is 1. The molecular weight excluding hydrogens is 396 g/mol. The Hall–Kier alpha value is -1.90. The highest BCUT2D eigenvalue weighted by Crippen LogP contribution is 2.26. The summed E-state index contributed by atoms with van der Waals surface area (Å²) in [6.45, 7) is 4.93. The Labute approximate surface area is 170 Å². The predicted octanol–water partition coefficient (Wildman–Crippen LogP) is 3.04. The van der Waals surface area contributed by atoms with Crippen molar-refractivity contribution < 1.29 is 17.9 Å². The second-order valence-corrected chi connectivity index (χ2v) is 10.3. The van der Waals surface area contributed by atoms with Crippen LogP contribution in [-0.2, 0) is 14.8 Å². The van der Waals surface area contributed by atoms with Crippen LogP contribution in [0.4, 0.5) is 0 Å². The minimum atomic E-state index is -3.52. The van der Waals surface area contributed by atoms with Crippen LogP contribution in [0.1, 0.15) is 25.3 Å². The molecule has 1 fully saturated rings. The van der Waals surface area contributed by atoms with Gasteiger partial charge in [0.05, 0.1) is 12.0 Å². The van der Waals surface area contributed by atoms with Gasteiger partial charge in [0.25, 0.3) is 10.0 Å². The largest absolute Gasteiger partial charge is 0.491 e. The zero-order valence-corrected chi connectivity index (χ0v) is 17.8. The number of nitrogens with zero attached hydrogens (tertiary/aromatic N) is 1. The Balaban J connectivity index is 1.53. The summed E-state index contributed by atoms with van der Waals surface area (Å²) in [5.41, 5.74) is 1.16. The summed E-state index contributed by atoms with van der Waals surface area (Å²) in [6.07, 6.45) is 1.37. The summed E-state index contributed by atoms with van der Waals surface area (Å²) in [6, 6.07) is 10.9. The van der Waals surface area contributed by atoms with Crippen LogP contribution in [0.25, 0.3) is 0 Å². The quantitative estimate of drug-likeness (QED) is 0.744. The molecule has 1 aliphatic heterocycles. The maximum absolute atomic E-state index is 12.7. The number of sulfonamides is 1. The number of hydrogen-bond acceptors (Lipinski definition) is 5. The maximum Gasteiger partial charge on any atom is 0.252 e. The van der Waals surface area contributed by atoms with Gasteiger partial charge < -0.3 is 10.1 Å². The average Bonchev–Trinajstić information content (AvgIpc) is 3.23. The minimum Gasteiger partial charge on any atom is -0.491 e. The van der Waals surface area contributed by atoms with Gasteiger partial charge in [0.2, 0.25) is 5.91 Å². The molecule has 0 unspecified atom stereocenters. The van der Waals surface area contributed by atoms with E-state index >= 15 is 0 Å². The molecule has 2 atom stereocenters. The molecule has 0 radical (unpaired) electrons. The van der Waals surface area contributed by atoms with E-state index in [0.717, 1.165) is 11.3 Å². The van der Waals surface area contributed by atoms with E-state index in [1.807, 2.05) is 38.1 Å². The fourth-order valence-electron chi connectivity index (χ4n) is 3.17.